The van der Waals surface area contributed by atoms with Crippen LogP contribution >= 0.6 is 0 Å². The summed E-state index contributed by atoms with van der Waals surface area (Å²) < 4.78 is 22.7. The maximum atomic E-state index is 13.5. The van der Waals surface area contributed by atoms with Crippen molar-refractivity contribution < 1.29 is 63.3 Å². The third-order valence-electron chi connectivity index (χ3n) is 9.33. The van der Waals surface area contributed by atoms with E-state index in [1.807, 2.05) is 37.3 Å². The van der Waals surface area contributed by atoms with Crippen molar-refractivity contribution in [3.05, 3.63) is 60.2 Å². The number of carbonyl (C=O) groups excluding carboxylic acids is 3. The lowest BCUT2D eigenvalue weighted by Gasteiger charge is -2.50. The highest BCUT2D eigenvalue weighted by Gasteiger charge is 2.79. The van der Waals surface area contributed by atoms with Crippen LogP contribution in [-0.2, 0) is 49.3 Å². The highest BCUT2D eigenvalue weighted by Crippen LogP contribution is 2.55. The first-order valence-corrected chi connectivity index (χ1v) is 19.6. The summed E-state index contributed by atoms with van der Waals surface area (Å²) in [6.45, 7) is 25.9. The van der Waals surface area contributed by atoms with E-state index in [1.165, 1.54) is 19.4 Å². The first-order valence-electron chi connectivity index (χ1n) is 19.6. The molecule has 0 saturated carbocycles. The lowest BCUT2D eigenvalue weighted by atomic mass is 9.73. The Morgan fingerprint density at radius 2 is 1.56 bits per heavy atom. The zero-order valence-corrected chi connectivity index (χ0v) is 36.0. The Morgan fingerprint density at radius 3 is 2.02 bits per heavy atom. The van der Waals surface area contributed by atoms with Crippen molar-refractivity contribution in [3.8, 4) is 0 Å². The van der Waals surface area contributed by atoms with Crippen LogP contribution in [0.3, 0.4) is 0 Å². The van der Waals surface area contributed by atoms with Crippen molar-refractivity contribution in [2.75, 3.05) is 0 Å². The molecule has 1 aromatic rings. The van der Waals surface area contributed by atoms with Crippen molar-refractivity contribution in [2.24, 2.45) is 17.3 Å². The maximum absolute atomic E-state index is 13.5. The molecule has 0 amide bonds. The number of carboxylic acids is 2. The Kier molecular flexibility index (Phi) is 19.0. The first kappa shape index (κ1) is 51.1. The standard InChI is InChI=1S/C30H40O11.C9H16O2.C5H12/c1-17(23(38-20(4)32)18(2)15-21-11-9-8-10-12-21)13-14-29-22(33)16-28(41-29,26(36)40-27(5,6)7)30(37,19(3)31)24(39-29)25(34)35;1-3-8(2)6-4-5-7-9(10)11;1-5(2,3)4/h8-12,18,22-24,33,37H,1,13-16H2,2-7H3,(H,34,35);5,7-8H,3-4,6H2,1-2H3,(H,10,11);1-4H3/b;7-5+;/t18-,22-,23-,24?,28?,29?,30?;8-;/m10./s1. The van der Waals surface area contributed by atoms with Crippen molar-refractivity contribution >= 4 is 29.7 Å². The molecule has 4 unspecified atom stereocenters. The molecule has 1 aromatic carbocycles. The Bertz CT molecular complexity index is 1550. The summed E-state index contributed by atoms with van der Waals surface area (Å²) in [5.41, 5.74) is -4.70. The van der Waals surface area contributed by atoms with Gasteiger partial charge in [-0.3, -0.25) is 9.59 Å². The molecule has 322 valence electrons. The number of hydrogen-bond donors (Lipinski definition) is 4. The van der Waals surface area contributed by atoms with E-state index in [2.05, 4.69) is 48.1 Å². The van der Waals surface area contributed by atoms with Crippen LogP contribution in [0.4, 0.5) is 0 Å². The Labute approximate surface area is 338 Å². The number of allylic oxidation sites excluding steroid dienone is 1. The minimum Gasteiger partial charge on any atom is -0.479 e. The number of carboxylic acid groups (broad SMARTS) is 2. The second kappa shape index (κ2) is 21.2. The Morgan fingerprint density at radius 1 is 1.00 bits per heavy atom. The summed E-state index contributed by atoms with van der Waals surface area (Å²) in [7, 11) is 0. The first-order chi connectivity index (χ1) is 26.0. The van der Waals surface area contributed by atoms with Crippen LogP contribution in [0.5, 0.6) is 0 Å². The third-order valence-corrected chi connectivity index (χ3v) is 9.33. The van der Waals surface area contributed by atoms with Gasteiger partial charge in [0, 0.05) is 31.8 Å². The number of aliphatic hydroxyl groups is 2. The fourth-order valence-corrected chi connectivity index (χ4v) is 6.40. The summed E-state index contributed by atoms with van der Waals surface area (Å²) in [5, 5.41) is 41.0. The average molecular weight is 805 g/mol. The predicted octanol–water partition coefficient (Wildman–Crippen LogP) is 7.00. The van der Waals surface area contributed by atoms with E-state index in [1.54, 1.807) is 26.8 Å². The van der Waals surface area contributed by atoms with Crippen molar-refractivity contribution in [2.45, 2.75) is 169 Å². The molecule has 2 saturated heterocycles. The normalized spacial score (nSPS) is 25.7. The van der Waals surface area contributed by atoms with Gasteiger partial charge in [-0.25, -0.2) is 14.4 Å². The number of hydrogen-bond acceptors (Lipinski definition) is 11. The van der Waals surface area contributed by atoms with Gasteiger partial charge < -0.3 is 39.4 Å². The third kappa shape index (κ3) is 15.1. The number of aliphatic carboxylic acids is 2. The smallest absolute Gasteiger partial charge is 0.342 e. The van der Waals surface area contributed by atoms with E-state index in [0.717, 1.165) is 25.3 Å². The zero-order valence-electron chi connectivity index (χ0n) is 36.0. The predicted molar refractivity (Wildman–Crippen MR) is 215 cm³/mol. The summed E-state index contributed by atoms with van der Waals surface area (Å²) >= 11 is 0. The lowest BCUT2D eigenvalue weighted by Crippen LogP contribution is -2.75. The van der Waals surface area contributed by atoms with Gasteiger partial charge in [-0.15, -0.1) is 0 Å². The van der Waals surface area contributed by atoms with Gasteiger partial charge in [0.1, 0.15) is 17.8 Å². The molecule has 2 aliphatic rings. The Balaban J connectivity index is 0.000000850. The van der Waals surface area contributed by atoms with Crippen LogP contribution in [-0.4, -0.2) is 91.0 Å². The molecule has 0 spiro atoms. The van der Waals surface area contributed by atoms with Crippen LogP contribution in [0.2, 0.25) is 0 Å². The van der Waals surface area contributed by atoms with Crippen molar-refractivity contribution in [3.63, 3.8) is 0 Å². The molecule has 0 aromatic heterocycles. The van der Waals surface area contributed by atoms with Gasteiger partial charge >= 0.3 is 23.9 Å². The maximum Gasteiger partial charge on any atom is 0.342 e. The molecule has 2 fully saturated rings. The topological polar surface area (TPSA) is 203 Å². The summed E-state index contributed by atoms with van der Waals surface area (Å²) in [4.78, 5) is 60.6. The number of ether oxygens (including phenoxy) is 4. The van der Waals surface area contributed by atoms with E-state index in [9.17, 15) is 39.3 Å². The molecule has 13 nitrogen and oxygen atoms in total. The summed E-state index contributed by atoms with van der Waals surface area (Å²) in [6.07, 6.45) is 1.11. The average Bonchev–Trinajstić information content (AvgIpc) is 3.34. The molecule has 8 atom stereocenters. The second-order valence-electron chi connectivity index (χ2n) is 17.8. The molecule has 0 aliphatic carbocycles. The quantitative estimate of drug-likeness (QED) is 0.0756. The number of esters is 2. The van der Waals surface area contributed by atoms with Gasteiger partial charge in [0.2, 0.25) is 5.60 Å². The SMILES string of the molecule is C=C(CCC12OC(C(=O)O)C(O)(C(C)=O)C(C(=O)OC(C)(C)C)(C[C@H]1O)O2)[C@@H](OC(C)=O)[C@H](C)Cc1ccccc1.CC(C)(C)C.CC[C@H](C)CC/C=C/C(=O)O. The fraction of sp³-hybridized carbons (Fsp3) is 0.659. The molecule has 0 radical (unpaired) electrons. The molecular formula is C44H68O13. The number of carbonyl (C=O) groups is 5. The van der Waals surface area contributed by atoms with Crippen molar-refractivity contribution in [1.82, 2.24) is 0 Å². The van der Waals surface area contributed by atoms with Gasteiger partial charge in [-0.2, -0.15) is 0 Å². The van der Waals surface area contributed by atoms with Gasteiger partial charge in [-0.1, -0.05) is 97.9 Å². The number of rotatable bonds is 16. The molecule has 13 heteroatoms. The van der Waals surface area contributed by atoms with Crippen LogP contribution in [0.15, 0.2) is 54.6 Å². The monoisotopic (exact) mass is 804 g/mol. The number of fused-ring (bicyclic) bond motifs is 2. The van der Waals surface area contributed by atoms with Crippen LogP contribution < -0.4 is 0 Å². The number of aliphatic hydroxyl groups excluding tert-OH is 1. The molecule has 57 heavy (non-hydrogen) atoms. The summed E-state index contributed by atoms with van der Waals surface area (Å²) in [5.74, 6) is -7.04. The van der Waals surface area contributed by atoms with Crippen molar-refractivity contribution in [1.29, 1.82) is 0 Å². The largest absolute Gasteiger partial charge is 0.479 e. The van der Waals surface area contributed by atoms with Gasteiger partial charge in [0.25, 0.3) is 0 Å². The van der Waals surface area contributed by atoms with Crippen LogP contribution in [0.1, 0.15) is 127 Å². The van der Waals surface area contributed by atoms with E-state index in [0.29, 0.717) is 23.3 Å². The molecule has 2 aliphatic heterocycles. The number of ketones is 1. The van der Waals surface area contributed by atoms with Crippen LogP contribution in [0.25, 0.3) is 0 Å². The van der Waals surface area contributed by atoms with E-state index < -0.39 is 77.0 Å². The Hall–Kier alpha value is -3.91. The van der Waals surface area contributed by atoms with Gasteiger partial charge in [0.05, 0.1) is 0 Å². The minimum absolute atomic E-state index is 0.0172. The highest BCUT2D eigenvalue weighted by atomic mass is 16.8. The molecule has 4 N–H and O–H groups in total. The zero-order chi connectivity index (χ0) is 44.2. The highest BCUT2D eigenvalue weighted by molar-refractivity contribution is 6.00. The van der Waals surface area contributed by atoms with Crippen LogP contribution in [0, 0.1) is 17.3 Å². The van der Waals surface area contributed by atoms with Gasteiger partial charge in [0.15, 0.2) is 23.3 Å². The number of Topliss-reactive ketones (excluding diaryl/α,β-unsaturated/α-hetero) is 1. The fourth-order valence-electron chi connectivity index (χ4n) is 6.40. The summed E-state index contributed by atoms with van der Waals surface area (Å²) in [6, 6.07) is 9.57. The van der Waals surface area contributed by atoms with E-state index in [-0.39, 0.29) is 18.8 Å². The molecule has 2 bridgehead atoms. The number of benzene rings is 1. The van der Waals surface area contributed by atoms with Gasteiger partial charge in [-0.05, 0) is 75.8 Å². The lowest BCUT2D eigenvalue weighted by molar-refractivity contribution is -0.370. The van der Waals surface area contributed by atoms with E-state index in [4.69, 9.17) is 24.1 Å². The second-order valence-corrected chi connectivity index (χ2v) is 17.8. The molecular weight excluding hydrogens is 736 g/mol. The van der Waals surface area contributed by atoms with E-state index >= 15 is 0 Å². The molecule has 2 heterocycles. The molecule has 3 rings (SSSR count). The minimum atomic E-state index is -3.00.